The number of fused-ring (bicyclic) bond motifs is 1. The van der Waals surface area contributed by atoms with E-state index >= 15 is 0 Å². The normalized spacial score (nSPS) is 20.9. The quantitative estimate of drug-likeness (QED) is 0.272. The summed E-state index contributed by atoms with van der Waals surface area (Å²) >= 11 is 0. The summed E-state index contributed by atoms with van der Waals surface area (Å²) in [6.07, 6.45) is 2.70. The van der Waals surface area contributed by atoms with Crippen molar-refractivity contribution in [1.29, 1.82) is 0 Å². The van der Waals surface area contributed by atoms with Crippen molar-refractivity contribution in [2.24, 2.45) is 0 Å². The zero-order valence-corrected chi connectivity index (χ0v) is 23.2. The van der Waals surface area contributed by atoms with Gasteiger partial charge in [-0.25, -0.2) is 21.6 Å². The van der Waals surface area contributed by atoms with E-state index in [1.165, 1.54) is 23.5 Å². The highest BCUT2D eigenvalue weighted by Crippen LogP contribution is 2.37. The molecule has 0 aliphatic carbocycles. The molecule has 3 heterocycles. The topological polar surface area (TPSA) is 163 Å². The van der Waals surface area contributed by atoms with Gasteiger partial charge in [-0.1, -0.05) is 6.07 Å². The predicted octanol–water partition coefficient (Wildman–Crippen LogP) is 0.813. The van der Waals surface area contributed by atoms with Gasteiger partial charge in [0.2, 0.25) is 20.0 Å². The summed E-state index contributed by atoms with van der Waals surface area (Å²) in [5, 5.41) is 21.2. The van der Waals surface area contributed by atoms with Crippen molar-refractivity contribution in [2.75, 3.05) is 39.9 Å². The Balaban J connectivity index is 1.08. The highest BCUT2D eigenvalue weighted by Gasteiger charge is 2.44. The van der Waals surface area contributed by atoms with Gasteiger partial charge in [0.15, 0.2) is 0 Å². The Bertz CT molecular complexity index is 1520. The van der Waals surface area contributed by atoms with Crippen LogP contribution in [-0.2, 0) is 24.8 Å². The average Bonchev–Trinajstić information content (AvgIpc) is 3.58. The Morgan fingerprint density at radius 1 is 1.18 bits per heavy atom. The lowest BCUT2D eigenvalue weighted by atomic mass is 9.88. The van der Waals surface area contributed by atoms with Crippen LogP contribution in [0.25, 0.3) is 10.9 Å². The molecule has 3 aromatic rings. The van der Waals surface area contributed by atoms with Crippen molar-refractivity contribution in [3.63, 3.8) is 0 Å². The molecule has 2 fully saturated rings. The van der Waals surface area contributed by atoms with Crippen LogP contribution in [0.1, 0.15) is 19.3 Å². The monoisotopic (exact) mass is 579 g/mol. The molecule has 1 spiro atoms. The molecule has 2 atom stereocenters. The number of aliphatic hydroxyl groups is 1. The molecule has 0 amide bonds. The Morgan fingerprint density at radius 2 is 1.97 bits per heavy atom. The van der Waals surface area contributed by atoms with Crippen LogP contribution in [0, 0.1) is 0 Å². The van der Waals surface area contributed by atoms with Gasteiger partial charge in [-0.2, -0.15) is 9.40 Å². The molecule has 0 radical (unpaired) electrons. The summed E-state index contributed by atoms with van der Waals surface area (Å²) in [4.78, 5) is 0.340. The third-order valence-electron chi connectivity index (χ3n) is 7.36. The number of hydrogen-bond donors (Lipinski definition) is 4. The van der Waals surface area contributed by atoms with Crippen molar-refractivity contribution in [3.05, 3.63) is 48.7 Å². The van der Waals surface area contributed by atoms with Crippen LogP contribution >= 0.6 is 0 Å². The van der Waals surface area contributed by atoms with Gasteiger partial charge in [-0.3, -0.25) is 5.10 Å². The standard InChI is InChI=1S/C25H33N5O7S2/c1-26-38(32,33)22-4-2-3-21(12-22)36-17-20(31)15-27-19-13-25(37-16-19)7-9-30(10-8-25)39(34,35)23-5-6-24-18(11-23)14-28-29-24/h2-6,11-12,14,19-20,26-27,31H,7-10,13,15-17H2,1H3,(H,28,29)/t19?,20-/m0/s1. The van der Waals surface area contributed by atoms with Gasteiger partial charge in [-0.05, 0) is 56.6 Å². The van der Waals surface area contributed by atoms with E-state index in [0.29, 0.717) is 38.3 Å². The molecular formula is C25H33N5O7S2. The maximum Gasteiger partial charge on any atom is 0.243 e. The Hall–Kier alpha value is -2.59. The number of hydrogen-bond acceptors (Lipinski definition) is 9. The molecule has 12 nitrogen and oxygen atoms in total. The Labute approximate surface area is 227 Å². The molecule has 4 N–H and O–H groups in total. The average molecular weight is 580 g/mol. The number of sulfonamides is 2. The SMILES string of the molecule is CNS(=O)(=O)c1cccc(OC[C@@H](O)CNC2COC3(CCN(S(=O)(=O)c4ccc5[nH]ncc5c4)CC3)C2)c1. The zero-order chi connectivity index (χ0) is 27.7. The van der Waals surface area contributed by atoms with E-state index in [1.54, 1.807) is 36.5 Å². The maximum absolute atomic E-state index is 13.2. The number of aromatic nitrogens is 2. The molecule has 0 bridgehead atoms. The van der Waals surface area contributed by atoms with Crippen LogP contribution in [0.5, 0.6) is 5.75 Å². The fourth-order valence-corrected chi connectivity index (χ4v) is 7.33. The first-order chi connectivity index (χ1) is 18.6. The van der Waals surface area contributed by atoms with Crippen LogP contribution < -0.4 is 14.8 Å². The van der Waals surface area contributed by atoms with E-state index in [9.17, 15) is 21.9 Å². The second-order valence-corrected chi connectivity index (χ2v) is 13.8. The van der Waals surface area contributed by atoms with E-state index < -0.39 is 26.2 Å². The number of benzene rings is 2. The van der Waals surface area contributed by atoms with Crippen molar-refractivity contribution in [3.8, 4) is 5.75 Å². The van der Waals surface area contributed by atoms with Crippen molar-refractivity contribution >= 4 is 30.9 Å². The molecule has 5 rings (SSSR count). The van der Waals surface area contributed by atoms with E-state index in [2.05, 4.69) is 20.2 Å². The highest BCUT2D eigenvalue weighted by atomic mass is 32.2. The minimum absolute atomic E-state index is 0.00773. The van der Waals surface area contributed by atoms with Gasteiger partial charge in [0.25, 0.3) is 0 Å². The lowest BCUT2D eigenvalue weighted by molar-refractivity contribution is -0.0312. The minimum Gasteiger partial charge on any atom is -0.491 e. The molecule has 39 heavy (non-hydrogen) atoms. The van der Waals surface area contributed by atoms with Crippen molar-refractivity contribution in [2.45, 2.75) is 46.8 Å². The smallest absolute Gasteiger partial charge is 0.243 e. The third-order valence-corrected chi connectivity index (χ3v) is 10.7. The zero-order valence-electron chi connectivity index (χ0n) is 21.5. The largest absolute Gasteiger partial charge is 0.491 e. The summed E-state index contributed by atoms with van der Waals surface area (Å²) in [5.74, 6) is 0.347. The number of H-pyrrole nitrogens is 1. The summed E-state index contributed by atoms with van der Waals surface area (Å²) in [5.41, 5.74) is 0.397. The molecule has 2 aromatic carbocycles. The van der Waals surface area contributed by atoms with Crippen molar-refractivity contribution < 1.29 is 31.4 Å². The second-order valence-electron chi connectivity index (χ2n) is 9.97. The van der Waals surface area contributed by atoms with E-state index in [0.717, 1.165) is 17.3 Å². The van der Waals surface area contributed by atoms with Gasteiger partial charge in [0, 0.05) is 37.1 Å². The van der Waals surface area contributed by atoms with Gasteiger partial charge in [0.1, 0.15) is 18.5 Å². The molecular weight excluding hydrogens is 546 g/mol. The van der Waals surface area contributed by atoms with E-state index in [4.69, 9.17) is 9.47 Å². The molecule has 1 unspecified atom stereocenters. The Kier molecular flexibility index (Phi) is 7.97. The molecule has 1 aromatic heterocycles. The second kappa shape index (κ2) is 11.1. The highest BCUT2D eigenvalue weighted by molar-refractivity contribution is 7.89. The molecule has 14 heteroatoms. The number of piperidine rings is 1. The number of nitrogens with one attached hydrogen (secondary N) is 3. The molecule has 0 saturated carbocycles. The number of aliphatic hydroxyl groups excluding tert-OH is 1. The van der Waals surface area contributed by atoms with Gasteiger partial charge in [0.05, 0.1) is 33.7 Å². The van der Waals surface area contributed by atoms with Crippen LogP contribution in [0.4, 0.5) is 0 Å². The predicted molar refractivity (Wildman–Crippen MR) is 143 cm³/mol. The lowest BCUT2D eigenvalue weighted by Gasteiger charge is -2.38. The van der Waals surface area contributed by atoms with Gasteiger partial charge in [-0.15, -0.1) is 0 Å². The first-order valence-electron chi connectivity index (χ1n) is 12.8. The molecule has 2 saturated heterocycles. The van der Waals surface area contributed by atoms with Crippen molar-refractivity contribution in [1.82, 2.24) is 24.5 Å². The van der Waals surface area contributed by atoms with Gasteiger partial charge < -0.3 is 19.9 Å². The summed E-state index contributed by atoms with van der Waals surface area (Å²) < 4.78 is 65.9. The molecule has 212 valence electrons. The lowest BCUT2D eigenvalue weighted by Crippen LogP contribution is -2.47. The molecule has 2 aliphatic rings. The maximum atomic E-state index is 13.2. The van der Waals surface area contributed by atoms with E-state index in [-0.39, 0.29) is 34.6 Å². The first-order valence-corrected chi connectivity index (χ1v) is 15.7. The van der Waals surface area contributed by atoms with E-state index in [1.807, 2.05) is 0 Å². The van der Waals surface area contributed by atoms with Gasteiger partial charge >= 0.3 is 0 Å². The first kappa shape index (κ1) is 28.0. The summed E-state index contributed by atoms with van der Waals surface area (Å²) in [7, 11) is -5.87. The van der Waals surface area contributed by atoms with Crippen LogP contribution in [0.2, 0.25) is 0 Å². The number of aromatic amines is 1. The van der Waals surface area contributed by atoms with Crippen LogP contribution in [0.3, 0.4) is 0 Å². The molecule has 2 aliphatic heterocycles. The fraction of sp³-hybridized carbons (Fsp3) is 0.480. The number of rotatable bonds is 10. The minimum atomic E-state index is -3.62. The summed E-state index contributed by atoms with van der Waals surface area (Å²) in [6.45, 7) is 1.48. The fourth-order valence-electron chi connectivity index (χ4n) is 5.09. The number of ether oxygens (including phenoxy) is 2. The van der Waals surface area contributed by atoms with Crippen LogP contribution in [-0.4, -0.2) is 94.1 Å². The Morgan fingerprint density at radius 3 is 2.74 bits per heavy atom. The summed E-state index contributed by atoms with van der Waals surface area (Å²) in [6, 6.07) is 11.1. The number of nitrogens with zero attached hydrogens (tertiary/aromatic N) is 2. The van der Waals surface area contributed by atoms with Crippen LogP contribution in [0.15, 0.2) is 58.5 Å². The third kappa shape index (κ3) is 6.11.